The van der Waals surface area contributed by atoms with Crippen LogP contribution >= 0.6 is 23.2 Å². The van der Waals surface area contributed by atoms with E-state index in [1.807, 2.05) is 50.2 Å². The predicted octanol–water partition coefficient (Wildman–Crippen LogP) is 5.08. The van der Waals surface area contributed by atoms with Crippen molar-refractivity contribution in [3.8, 4) is 11.5 Å². The molecule has 110 valence electrons. The smallest absolute Gasteiger partial charge is 0.161 e. The zero-order chi connectivity index (χ0) is 15.0. The van der Waals surface area contributed by atoms with Crippen molar-refractivity contribution in [2.75, 3.05) is 6.61 Å². The topological polar surface area (TPSA) is 18.5 Å². The minimum atomic E-state index is -0.356. The van der Waals surface area contributed by atoms with Crippen molar-refractivity contribution in [3.05, 3.63) is 58.1 Å². The number of ether oxygens (including phenoxy) is 2. The van der Waals surface area contributed by atoms with Gasteiger partial charge in [-0.25, -0.2) is 0 Å². The van der Waals surface area contributed by atoms with Gasteiger partial charge in [0.15, 0.2) is 17.6 Å². The highest BCUT2D eigenvalue weighted by atomic mass is 35.5. The minimum absolute atomic E-state index is 0.263. The van der Waals surface area contributed by atoms with Gasteiger partial charge < -0.3 is 9.47 Å². The van der Waals surface area contributed by atoms with E-state index >= 15 is 0 Å². The van der Waals surface area contributed by atoms with E-state index in [1.54, 1.807) is 0 Å². The zero-order valence-electron chi connectivity index (χ0n) is 11.9. The number of hydrogen-bond acceptors (Lipinski definition) is 2. The van der Waals surface area contributed by atoms with Gasteiger partial charge in [-0.3, -0.25) is 0 Å². The van der Waals surface area contributed by atoms with Gasteiger partial charge in [0.05, 0.1) is 0 Å². The molecule has 0 bridgehead atoms. The third-order valence-corrected chi connectivity index (χ3v) is 4.61. The summed E-state index contributed by atoms with van der Waals surface area (Å²) in [6, 6.07) is 11.6. The van der Waals surface area contributed by atoms with Gasteiger partial charge in [0.2, 0.25) is 0 Å². The van der Waals surface area contributed by atoms with Gasteiger partial charge in [-0.2, -0.15) is 0 Å². The minimum Gasteiger partial charge on any atom is -0.486 e. The maximum absolute atomic E-state index is 6.59. The van der Waals surface area contributed by atoms with Crippen molar-refractivity contribution in [3.63, 3.8) is 0 Å². The number of halogens is 2. The first-order valence-corrected chi connectivity index (χ1v) is 7.67. The molecule has 3 rings (SSSR count). The van der Waals surface area contributed by atoms with E-state index in [1.165, 1.54) is 0 Å². The molecule has 2 aromatic rings. The highest BCUT2D eigenvalue weighted by Crippen LogP contribution is 2.39. The molecule has 1 aliphatic rings. The Morgan fingerprint density at radius 1 is 1.10 bits per heavy atom. The SMILES string of the molecule is Cc1cc(Cl)c(C(Cl)C2COc3ccccc3O2)cc1C. The van der Waals surface area contributed by atoms with E-state index in [0.717, 1.165) is 28.2 Å². The molecule has 0 saturated carbocycles. The molecule has 2 aromatic carbocycles. The average molecular weight is 323 g/mol. The molecule has 1 heterocycles. The molecule has 0 radical (unpaired) electrons. The van der Waals surface area contributed by atoms with E-state index in [-0.39, 0.29) is 11.5 Å². The molecule has 21 heavy (non-hydrogen) atoms. The van der Waals surface area contributed by atoms with E-state index in [9.17, 15) is 0 Å². The summed E-state index contributed by atoms with van der Waals surface area (Å²) in [7, 11) is 0. The monoisotopic (exact) mass is 322 g/mol. The van der Waals surface area contributed by atoms with Crippen LogP contribution in [0.15, 0.2) is 36.4 Å². The van der Waals surface area contributed by atoms with Crippen LogP contribution in [0.5, 0.6) is 11.5 Å². The van der Waals surface area contributed by atoms with Gasteiger partial charge >= 0.3 is 0 Å². The lowest BCUT2D eigenvalue weighted by molar-refractivity contribution is 0.0877. The lowest BCUT2D eigenvalue weighted by Gasteiger charge is -2.30. The largest absolute Gasteiger partial charge is 0.486 e. The number of aryl methyl sites for hydroxylation is 2. The first-order chi connectivity index (χ1) is 10.1. The highest BCUT2D eigenvalue weighted by molar-refractivity contribution is 6.33. The van der Waals surface area contributed by atoms with Crippen LogP contribution in [0.4, 0.5) is 0 Å². The summed E-state index contributed by atoms with van der Waals surface area (Å²) < 4.78 is 11.7. The molecule has 1 aliphatic heterocycles. The lowest BCUT2D eigenvalue weighted by atomic mass is 10.0. The molecule has 2 nitrogen and oxygen atoms in total. The van der Waals surface area contributed by atoms with Crippen molar-refractivity contribution in [2.45, 2.75) is 25.3 Å². The first-order valence-electron chi connectivity index (χ1n) is 6.85. The van der Waals surface area contributed by atoms with Crippen LogP contribution in [-0.4, -0.2) is 12.7 Å². The number of alkyl halides is 1. The molecule has 0 spiro atoms. The summed E-state index contributed by atoms with van der Waals surface area (Å²) in [5.41, 5.74) is 3.20. The van der Waals surface area contributed by atoms with E-state index in [4.69, 9.17) is 32.7 Å². The fraction of sp³-hybridized carbons (Fsp3) is 0.294. The van der Waals surface area contributed by atoms with Crippen LogP contribution in [-0.2, 0) is 0 Å². The maximum Gasteiger partial charge on any atom is 0.161 e. The summed E-state index contributed by atoms with van der Waals surface area (Å²) in [4.78, 5) is 0. The van der Waals surface area contributed by atoms with Crippen molar-refractivity contribution < 1.29 is 9.47 Å². The normalized spacial score (nSPS) is 18.4. The fourth-order valence-electron chi connectivity index (χ4n) is 2.39. The van der Waals surface area contributed by atoms with Crippen LogP contribution in [0.3, 0.4) is 0 Å². The van der Waals surface area contributed by atoms with Gasteiger partial charge in [0, 0.05) is 5.02 Å². The highest BCUT2D eigenvalue weighted by Gasteiger charge is 2.30. The van der Waals surface area contributed by atoms with Gasteiger partial charge in [0.1, 0.15) is 12.0 Å². The third kappa shape index (κ3) is 2.83. The molecule has 0 fully saturated rings. The predicted molar refractivity (Wildman–Crippen MR) is 85.9 cm³/mol. The molecule has 0 aromatic heterocycles. The Hall–Kier alpha value is -1.38. The number of hydrogen-bond donors (Lipinski definition) is 0. The average Bonchev–Trinajstić information content (AvgIpc) is 2.50. The maximum atomic E-state index is 6.59. The molecule has 0 amide bonds. The second-order valence-corrected chi connectivity index (χ2v) is 6.15. The summed E-state index contributed by atoms with van der Waals surface area (Å²) in [6.07, 6.45) is -0.263. The molecule has 0 N–H and O–H groups in total. The Morgan fingerprint density at radius 2 is 1.76 bits per heavy atom. The first kappa shape index (κ1) is 14.6. The van der Waals surface area contributed by atoms with Crippen molar-refractivity contribution in [1.29, 1.82) is 0 Å². The Kier molecular flexibility index (Phi) is 4.01. The third-order valence-electron chi connectivity index (χ3n) is 3.77. The number of benzene rings is 2. The molecule has 4 heteroatoms. The van der Waals surface area contributed by atoms with Crippen LogP contribution in [0.25, 0.3) is 0 Å². The standard InChI is InChI=1S/C17H16Cl2O2/c1-10-7-12(13(18)8-11(10)2)17(19)16-9-20-14-5-3-4-6-15(14)21-16/h3-8,16-17H,9H2,1-2H3. The van der Waals surface area contributed by atoms with Crippen LogP contribution in [0.2, 0.25) is 5.02 Å². The van der Waals surface area contributed by atoms with Gasteiger partial charge in [0.25, 0.3) is 0 Å². The van der Waals surface area contributed by atoms with E-state index < -0.39 is 0 Å². The van der Waals surface area contributed by atoms with Crippen molar-refractivity contribution >= 4 is 23.2 Å². The summed E-state index contributed by atoms with van der Waals surface area (Å²) in [6.45, 7) is 4.49. The Labute approximate surface area is 134 Å². The molecular weight excluding hydrogens is 307 g/mol. The van der Waals surface area contributed by atoms with Crippen molar-refractivity contribution in [2.24, 2.45) is 0 Å². The van der Waals surface area contributed by atoms with Gasteiger partial charge in [-0.05, 0) is 48.7 Å². The molecule has 2 atom stereocenters. The van der Waals surface area contributed by atoms with Crippen LogP contribution in [0.1, 0.15) is 22.1 Å². The summed E-state index contributed by atoms with van der Waals surface area (Å²) in [5, 5.41) is 0.311. The molecule has 0 aliphatic carbocycles. The second-order valence-electron chi connectivity index (χ2n) is 5.27. The number of rotatable bonds is 2. The van der Waals surface area contributed by atoms with E-state index in [0.29, 0.717) is 11.6 Å². The van der Waals surface area contributed by atoms with Gasteiger partial charge in [-0.15, -0.1) is 11.6 Å². The summed E-state index contributed by atoms with van der Waals surface area (Å²) in [5.74, 6) is 1.48. The van der Waals surface area contributed by atoms with Crippen molar-refractivity contribution in [1.82, 2.24) is 0 Å². The van der Waals surface area contributed by atoms with E-state index in [2.05, 4.69) is 0 Å². The number of fused-ring (bicyclic) bond motifs is 1. The Balaban J connectivity index is 1.87. The van der Waals surface area contributed by atoms with Crippen LogP contribution in [0, 0.1) is 13.8 Å². The molecule has 2 unspecified atom stereocenters. The number of para-hydroxylation sites is 2. The molecular formula is C17H16Cl2O2. The Bertz CT molecular complexity index is 670. The zero-order valence-corrected chi connectivity index (χ0v) is 13.4. The van der Waals surface area contributed by atoms with Crippen LogP contribution < -0.4 is 9.47 Å². The quantitative estimate of drug-likeness (QED) is 0.718. The van der Waals surface area contributed by atoms with Gasteiger partial charge in [-0.1, -0.05) is 29.8 Å². The second kappa shape index (κ2) is 5.78. The summed E-state index contributed by atoms with van der Waals surface area (Å²) >= 11 is 12.9. The lowest BCUT2D eigenvalue weighted by Crippen LogP contribution is -2.33. The molecule has 0 saturated heterocycles. The Morgan fingerprint density at radius 3 is 2.52 bits per heavy atom. The fourth-order valence-corrected chi connectivity index (χ4v) is 3.09.